The van der Waals surface area contributed by atoms with Crippen LogP contribution in [0.1, 0.15) is 44.7 Å². The van der Waals surface area contributed by atoms with Crippen molar-refractivity contribution in [3.8, 4) is 0 Å². The number of likely N-dealkylation sites (tertiary alicyclic amines) is 1. The van der Waals surface area contributed by atoms with Crippen LogP contribution in [0.15, 0.2) is 12.3 Å². The minimum atomic E-state index is -4.48. The molecule has 0 radical (unpaired) electrons. The number of hydrogen-bond acceptors (Lipinski definition) is 4. The van der Waals surface area contributed by atoms with E-state index >= 15 is 0 Å². The van der Waals surface area contributed by atoms with Crippen LogP contribution in [0.3, 0.4) is 0 Å². The zero-order valence-corrected chi connectivity index (χ0v) is 13.6. The number of rotatable bonds is 3. The molecule has 1 aromatic rings. The number of carbonyl (C=O) groups excluding carboxylic acids is 1. The summed E-state index contributed by atoms with van der Waals surface area (Å²) in [6.45, 7) is 3.18. The maximum Gasteiger partial charge on any atom is 0.433 e. The second-order valence-corrected chi connectivity index (χ2v) is 6.29. The Balaban J connectivity index is 1.85. The lowest BCUT2D eigenvalue weighted by molar-refractivity contribution is -0.141. The van der Waals surface area contributed by atoms with Gasteiger partial charge < -0.3 is 9.80 Å². The molecule has 2 fully saturated rings. The van der Waals surface area contributed by atoms with Crippen molar-refractivity contribution >= 4 is 11.9 Å². The van der Waals surface area contributed by atoms with Crippen molar-refractivity contribution in [2.45, 2.75) is 57.3 Å². The quantitative estimate of drug-likeness (QED) is 0.848. The lowest BCUT2D eigenvalue weighted by Gasteiger charge is -2.35. The number of carbonyl (C=O) groups is 1. The second-order valence-electron chi connectivity index (χ2n) is 6.29. The molecule has 0 bridgehead atoms. The fourth-order valence-corrected chi connectivity index (χ4v) is 3.79. The molecule has 2 atom stereocenters. The van der Waals surface area contributed by atoms with Crippen molar-refractivity contribution in [1.29, 1.82) is 0 Å². The van der Waals surface area contributed by atoms with Gasteiger partial charge in [-0.25, -0.2) is 9.97 Å². The van der Waals surface area contributed by atoms with Gasteiger partial charge in [-0.05, 0) is 31.7 Å². The first-order valence-corrected chi connectivity index (χ1v) is 8.38. The van der Waals surface area contributed by atoms with Crippen LogP contribution < -0.4 is 4.90 Å². The number of aromatic nitrogens is 2. The van der Waals surface area contributed by atoms with Crippen LogP contribution in [0.4, 0.5) is 19.1 Å². The molecular weight excluding hydrogens is 321 g/mol. The second kappa shape index (κ2) is 6.57. The Morgan fingerprint density at radius 2 is 1.96 bits per heavy atom. The molecule has 5 nitrogen and oxygen atoms in total. The number of nitrogens with zero attached hydrogens (tertiary/aromatic N) is 4. The summed E-state index contributed by atoms with van der Waals surface area (Å²) in [4.78, 5) is 23.7. The zero-order valence-electron chi connectivity index (χ0n) is 13.6. The number of hydrogen-bond donors (Lipinski definition) is 0. The highest BCUT2D eigenvalue weighted by atomic mass is 19.4. The molecule has 0 aliphatic carbocycles. The smallest absolute Gasteiger partial charge is 0.338 e. The first-order valence-electron chi connectivity index (χ1n) is 8.38. The topological polar surface area (TPSA) is 49.3 Å². The van der Waals surface area contributed by atoms with Gasteiger partial charge in [0.1, 0.15) is 5.69 Å². The molecule has 2 aliphatic rings. The number of halogens is 3. The van der Waals surface area contributed by atoms with E-state index in [4.69, 9.17) is 0 Å². The van der Waals surface area contributed by atoms with Crippen molar-refractivity contribution in [3.05, 3.63) is 18.0 Å². The van der Waals surface area contributed by atoms with E-state index in [0.717, 1.165) is 44.5 Å². The lowest BCUT2D eigenvalue weighted by atomic mass is 10.0. The Kier molecular flexibility index (Phi) is 4.64. The molecular formula is C16H21F3N4O. The molecule has 1 aromatic heterocycles. The Hall–Kier alpha value is -1.86. The Bertz CT molecular complexity index is 607. The molecule has 3 rings (SSSR count). The van der Waals surface area contributed by atoms with Crippen LogP contribution in [0.2, 0.25) is 0 Å². The Morgan fingerprint density at radius 1 is 1.25 bits per heavy atom. The van der Waals surface area contributed by atoms with Gasteiger partial charge in [0.2, 0.25) is 11.9 Å². The predicted molar refractivity (Wildman–Crippen MR) is 82.4 cm³/mol. The summed E-state index contributed by atoms with van der Waals surface area (Å²) < 4.78 is 38.7. The van der Waals surface area contributed by atoms with Crippen LogP contribution in [0.5, 0.6) is 0 Å². The van der Waals surface area contributed by atoms with E-state index in [1.165, 1.54) is 0 Å². The molecule has 1 amide bonds. The third-order valence-electron chi connectivity index (χ3n) is 4.86. The maximum atomic E-state index is 12.9. The van der Waals surface area contributed by atoms with E-state index in [1.54, 1.807) is 0 Å². The van der Waals surface area contributed by atoms with E-state index in [1.807, 2.05) is 16.7 Å². The third kappa shape index (κ3) is 3.18. The van der Waals surface area contributed by atoms with Gasteiger partial charge in [-0.2, -0.15) is 13.2 Å². The van der Waals surface area contributed by atoms with Gasteiger partial charge in [-0.15, -0.1) is 0 Å². The van der Waals surface area contributed by atoms with Crippen LogP contribution in [-0.4, -0.2) is 45.9 Å². The summed E-state index contributed by atoms with van der Waals surface area (Å²) in [5.74, 6) is 0.220. The summed E-state index contributed by atoms with van der Waals surface area (Å²) in [5.41, 5.74) is -0.925. The number of alkyl halides is 3. The largest absolute Gasteiger partial charge is 0.433 e. The summed E-state index contributed by atoms with van der Waals surface area (Å²) in [7, 11) is 0. The predicted octanol–water partition coefficient (Wildman–Crippen LogP) is 2.87. The molecule has 0 N–H and O–H groups in total. The summed E-state index contributed by atoms with van der Waals surface area (Å²) >= 11 is 0. The third-order valence-corrected chi connectivity index (χ3v) is 4.86. The standard InChI is InChI=1S/C16H21F3N4O/c1-2-14(24)22-9-3-5-11(22)12-6-4-10-23(12)15-20-8-7-13(21-15)16(17,18)19/h7-8,11-12H,2-6,9-10H2,1H3/t11-,12+/m1/s1. The van der Waals surface area contributed by atoms with Crippen molar-refractivity contribution in [1.82, 2.24) is 14.9 Å². The van der Waals surface area contributed by atoms with Gasteiger partial charge in [0.05, 0.1) is 12.1 Å². The highest BCUT2D eigenvalue weighted by Gasteiger charge is 2.41. The van der Waals surface area contributed by atoms with E-state index < -0.39 is 11.9 Å². The van der Waals surface area contributed by atoms with Gasteiger partial charge >= 0.3 is 6.18 Å². The van der Waals surface area contributed by atoms with Crippen molar-refractivity contribution < 1.29 is 18.0 Å². The molecule has 0 spiro atoms. The number of amides is 1. The molecule has 0 saturated carbocycles. The maximum absolute atomic E-state index is 12.9. The molecule has 2 saturated heterocycles. The summed E-state index contributed by atoms with van der Waals surface area (Å²) in [5, 5.41) is 0. The van der Waals surface area contributed by atoms with E-state index in [2.05, 4.69) is 9.97 Å². The van der Waals surface area contributed by atoms with Crippen molar-refractivity contribution in [2.75, 3.05) is 18.0 Å². The highest BCUT2D eigenvalue weighted by molar-refractivity contribution is 5.76. The Labute approximate surface area is 138 Å². The first-order chi connectivity index (χ1) is 11.4. The summed E-state index contributed by atoms with van der Waals surface area (Å²) in [6.07, 6.45) is 0.653. The highest BCUT2D eigenvalue weighted by Crippen LogP contribution is 2.34. The number of anilines is 1. The molecule has 3 heterocycles. The molecule has 0 aromatic carbocycles. The molecule has 2 aliphatic heterocycles. The van der Waals surface area contributed by atoms with E-state index in [9.17, 15) is 18.0 Å². The van der Waals surface area contributed by atoms with Crippen molar-refractivity contribution in [2.24, 2.45) is 0 Å². The monoisotopic (exact) mass is 342 g/mol. The molecule has 8 heteroatoms. The van der Waals surface area contributed by atoms with Gasteiger partial charge in [-0.3, -0.25) is 4.79 Å². The molecule has 0 unspecified atom stereocenters. The van der Waals surface area contributed by atoms with E-state index in [0.29, 0.717) is 13.0 Å². The SMILES string of the molecule is CCC(=O)N1CCC[C@@H]1[C@@H]1CCCN1c1nccc(C(F)(F)F)n1. The van der Waals surface area contributed by atoms with Gasteiger partial charge in [-0.1, -0.05) is 6.92 Å². The van der Waals surface area contributed by atoms with E-state index in [-0.39, 0.29) is 23.9 Å². The summed E-state index contributed by atoms with van der Waals surface area (Å²) in [6, 6.07) is 0.918. The van der Waals surface area contributed by atoms with Gasteiger partial charge in [0, 0.05) is 25.7 Å². The van der Waals surface area contributed by atoms with Crippen molar-refractivity contribution in [3.63, 3.8) is 0 Å². The minimum Gasteiger partial charge on any atom is -0.338 e. The Morgan fingerprint density at radius 3 is 2.67 bits per heavy atom. The lowest BCUT2D eigenvalue weighted by Crippen LogP contribution is -2.48. The molecule has 24 heavy (non-hydrogen) atoms. The fraction of sp³-hybridized carbons (Fsp3) is 0.688. The van der Waals surface area contributed by atoms with Crippen LogP contribution in [-0.2, 0) is 11.0 Å². The van der Waals surface area contributed by atoms with Gasteiger partial charge in [0.25, 0.3) is 0 Å². The zero-order chi connectivity index (χ0) is 17.3. The van der Waals surface area contributed by atoms with Crippen LogP contribution >= 0.6 is 0 Å². The normalized spacial score (nSPS) is 24.7. The average molecular weight is 342 g/mol. The van der Waals surface area contributed by atoms with Gasteiger partial charge in [0.15, 0.2) is 0 Å². The minimum absolute atomic E-state index is 0.00789. The average Bonchev–Trinajstić information content (AvgIpc) is 3.21. The fourth-order valence-electron chi connectivity index (χ4n) is 3.79. The molecule has 132 valence electrons. The first kappa shape index (κ1) is 17.0. The van der Waals surface area contributed by atoms with Crippen LogP contribution in [0, 0.1) is 0 Å². The van der Waals surface area contributed by atoms with Crippen LogP contribution in [0.25, 0.3) is 0 Å².